The molecule has 0 saturated carbocycles. The van der Waals surface area contributed by atoms with Crippen molar-refractivity contribution in [2.75, 3.05) is 65.1 Å². The van der Waals surface area contributed by atoms with Crippen LogP contribution in [0.25, 0.3) is 22.6 Å². The lowest BCUT2D eigenvalue weighted by molar-refractivity contribution is -0.124. The molecule has 0 bridgehead atoms. The first-order valence-corrected chi connectivity index (χ1v) is 13.1. The van der Waals surface area contributed by atoms with Crippen molar-refractivity contribution in [2.24, 2.45) is 17.0 Å². The number of aromatic nitrogens is 4. The summed E-state index contributed by atoms with van der Waals surface area (Å²) in [5, 5.41) is 18.2. The number of nitrogens with zero attached hydrogens (tertiary/aromatic N) is 9. The number of aryl methyl sites for hydroxylation is 1. The summed E-state index contributed by atoms with van der Waals surface area (Å²) in [4.78, 5) is 40.8. The molecular weight excluding hydrogens is 528 g/mol. The third-order valence-electron chi connectivity index (χ3n) is 6.79. The van der Waals surface area contributed by atoms with Gasteiger partial charge in [0.15, 0.2) is 22.8 Å². The monoisotopic (exact) mass is 564 g/mol. The Hall–Kier alpha value is -4.24. The number of aliphatic hydroxyl groups excluding tert-OH is 1. The van der Waals surface area contributed by atoms with E-state index >= 15 is 0 Å². The minimum atomic E-state index is -0.727. The average molecular weight is 565 g/mol. The highest BCUT2D eigenvalue weighted by Crippen LogP contribution is 2.29. The number of fused-ring (bicyclic) bond motifs is 1. The second-order valence-corrected chi connectivity index (χ2v) is 9.59. The average Bonchev–Trinajstić information content (AvgIpc) is 3.31. The quantitative estimate of drug-likeness (QED) is 0.124. The Morgan fingerprint density at radius 2 is 1.93 bits per heavy atom. The van der Waals surface area contributed by atoms with Gasteiger partial charge in [0.2, 0.25) is 0 Å². The fourth-order valence-electron chi connectivity index (χ4n) is 4.53. The summed E-state index contributed by atoms with van der Waals surface area (Å²) in [7, 11) is 5.44. The van der Waals surface area contributed by atoms with E-state index in [-0.39, 0.29) is 18.8 Å². The summed E-state index contributed by atoms with van der Waals surface area (Å²) in [5.41, 5.74) is 3.94. The molecule has 1 aromatic carbocycles. The molecule has 3 aromatic rings. The van der Waals surface area contributed by atoms with Gasteiger partial charge in [-0.1, -0.05) is 0 Å². The zero-order valence-electron chi connectivity index (χ0n) is 23.6. The van der Waals surface area contributed by atoms with Crippen LogP contribution in [-0.4, -0.2) is 119 Å². The van der Waals surface area contributed by atoms with Gasteiger partial charge in [-0.25, -0.2) is 20.4 Å². The number of hydroxylamine groups is 1. The number of piperazine rings is 1. The predicted molar refractivity (Wildman–Crippen MR) is 156 cm³/mol. The van der Waals surface area contributed by atoms with Crippen LogP contribution in [0.1, 0.15) is 5.82 Å². The molecule has 1 amide bonds. The number of β-amino-alcohol motifs (C(OH)–C–C–N with tert-alkyl or cyclic N) is 1. The van der Waals surface area contributed by atoms with Crippen LogP contribution in [0.3, 0.4) is 0 Å². The van der Waals surface area contributed by atoms with Crippen molar-refractivity contribution < 1.29 is 19.8 Å². The number of hydrogen-bond donors (Lipinski definition) is 3. The standard InChI is InChI=1S/C27H36N10O4/c1-28-15-20(27(39)33-40)16-29-18-34(2)17-22-30-23-25(35(22)3)31-24(19-5-7-21(41-4)8-6-19)32-26(23)37-11-9-36(10-12-37)13-14-38/h5-8,15-16,38,40H,1,9-14,17-18H2,2-4H3,(H,33,39)/b20-15+,29-16-. The van der Waals surface area contributed by atoms with Crippen molar-refractivity contribution in [3.8, 4) is 17.1 Å². The number of imidazole rings is 1. The lowest BCUT2D eigenvalue weighted by Gasteiger charge is -2.35. The normalized spacial score (nSPS) is 14.8. The first-order valence-electron chi connectivity index (χ1n) is 13.1. The van der Waals surface area contributed by atoms with Crippen LogP contribution in [0.5, 0.6) is 5.75 Å². The highest BCUT2D eigenvalue weighted by molar-refractivity contribution is 6.11. The molecule has 1 aliphatic heterocycles. The molecule has 0 radical (unpaired) electrons. The molecule has 14 heteroatoms. The van der Waals surface area contributed by atoms with Crippen LogP contribution in [-0.2, 0) is 18.4 Å². The molecule has 41 heavy (non-hydrogen) atoms. The molecule has 4 rings (SSSR count). The SMILES string of the molecule is C=N/C=C(\C=N/CN(C)Cc1nc2c(N3CCN(CCO)CC3)nc(-c3ccc(OC)cc3)nc2n1C)C(=O)NO. The van der Waals surface area contributed by atoms with Gasteiger partial charge < -0.3 is 19.3 Å². The van der Waals surface area contributed by atoms with Crippen LogP contribution in [0, 0.1) is 0 Å². The van der Waals surface area contributed by atoms with Gasteiger partial charge in [-0.3, -0.25) is 29.8 Å². The maximum atomic E-state index is 11.7. The fraction of sp³-hybridized carbons (Fsp3) is 0.407. The van der Waals surface area contributed by atoms with Gasteiger partial charge in [0.25, 0.3) is 5.91 Å². The van der Waals surface area contributed by atoms with Gasteiger partial charge >= 0.3 is 0 Å². The number of carbonyl (C=O) groups excluding carboxylic acids is 1. The summed E-state index contributed by atoms with van der Waals surface area (Å²) >= 11 is 0. The third-order valence-corrected chi connectivity index (χ3v) is 6.79. The Balaban J connectivity index is 1.63. The number of amides is 1. The molecular formula is C27H36N10O4. The van der Waals surface area contributed by atoms with Crippen molar-refractivity contribution in [2.45, 2.75) is 6.54 Å². The van der Waals surface area contributed by atoms with E-state index in [4.69, 9.17) is 24.9 Å². The van der Waals surface area contributed by atoms with Gasteiger partial charge in [-0.15, -0.1) is 0 Å². The first-order chi connectivity index (χ1) is 19.9. The minimum absolute atomic E-state index is 0.0729. The Kier molecular flexibility index (Phi) is 10.1. The van der Waals surface area contributed by atoms with Crippen LogP contribution in [0.15, 0.2) is 46.0 Å². The van der Waals surface area contributed by atoms with Crippen LogP contribution < -0.4 is 15.1 Å². The predicted octanol–water partition coefficient (Wildman–Crippen LogP) is 0.703. The van der Waals surface area contributed by atoms with Gasteiger partial charge in [0.05, 0.1) is 32.5 Å². The van der Waals surface area contributed by atoms with Crippen molar-refractivity contribution in [1.29, 1.82) is 0 Å². The van der Waals surface area contributed by atoms with Gasteiger partial charge in [-0.2, -0.15) is 0 Å². The zero-order valence-corrected chi connectivity index (χ0v) is 23.6. The first kappa shape index (κ1) is 29.7. The van der Waals surface area contributed by atoms with Crippen molar-refractivity contribution in [3.63, 3.8) is 0 Å². The minimum Gasteiger partial charge on any atom is -0.497 e. The molecule has 0 aliphatic carbocycles. The lowest BCUT2D eigenvalue weighted by atomic mass is 10.2. The lowest BCUT2D eigenvalue weighted by Crippen LogP contribution is -2.47. The molecule has 3 N–H and O–H groups in total. The second kappa shape index (κ2) is 13.9. The molecule has 1 aliphatic rings. The van der Waals surface area contributed by atoms with E-state index in [2.05, 4.69) is 26.5 Å². The number of aliphatic imine (C=N–C) groups is 2. The number of rotatable bonds is 12. The molecule has 14 nitrogen and oxygen atoms in total. The molecule has 0 atom stereocenters. The molecule has 2 aromatic heterocycles. The van der Waals surface area contributed by atoms with Crippen molar-refractivity contribution in [3.05, 3.63) is 41.9 Å². The number of nitrogens with one attached hydrogen (secondary N) is 1. The van der Waals surface area contributed by atoms with Gasteiger partial charge in [-0.05, 0) is 38.0 Å². The number of benzene rings is 1. The molecule has 218 valence electrons. The van der Waals surface area contributed by atoms with Crippen LogP contribution in [0.2, 0.25) is 0 Å². The summed E-state index contributed by atoms with van der Waals surface area (Å²) < 4.78 is 7.27. The highest BCUT2D eigenvalue weighted by Gasteiger charge is 2.24. The molecule has 1 saturated heterocycles. The molecule has 0 spiro atoms. The number of hydrogen-bond acceptors (Lipinski definition) is 12. The van der Waals surface area contributed by atoms with Gasteiger partial charge in [0, 0.05) is 57.7 Å². The number of carbonyl (C=O) groups is 1. The van der Waals surface area contributed by atoms with E-state index < -0.39 is 5.91 Å². The van der Waals surface area contributed by atoms with Crippen LogP contribution in [0.4, 0.5) is 5.82 Å². The largest absolute Gasteiger partial charge is 0.497 e. The third kappa shape index (κ3) is 7.10. The van der Waals surface area contributed by atoms with E-state index in [9.17, 15) is 9.90 Å². The van der Waals surface area contributed by atoms with E-state index in [1.165, 1.54) is 12.4 Å². The Morgan fingerprint density at radius 3 is 2.56 bits per heavy atom. The number of methoxy groups -OCH3 is 1. The van der Waals surface area contributed by atoms with E-state index in [0.717, 1.165) is 49.1 Å². The zero-order chi connectivity index (χ0) is 29.4. The number of aliphatic hydroxyl groups is 1. The number of anilines is 1. The molecule has 0 unspecified atom stereocenters. The summed E-state index contributed by atoms with van der Waals surface area (Å²) in [6.07, 6.45) is 2.54. The summed E-state index contributed by atoms with van der Waals surface area (Å²) in [6.45, 7) is 7.98. The summed E-state index contributed by atoms with van der Waals surface area (Å²) in [6, 6.07) is 7.65. The fourth-order valence-corrected chi connectivity index (χ4v) is 4.53. The molecule has 3 heterocycles. The van der Waals surface area contributed by atoms with Crippen LogP contribution >= 0.6 is 0 Å². The topological polar surface area (TPSA) is 157 Å². The van der Waals surface area contributed by atoms with Crippen molar-refractivity contribution >= 4 is 35.8 Å². The second-order valence-electron chi connectivity index (χ2n) is 9.59. The summed E-state index contributed by atoms with van der Waals surface area (Å²) in [5.74, 6) is 2.17. The maximum Gasteiger partial charge on any atom is 0.277 e. The Bertz CT molecular complexity index is 1410. The van der Waals surface area contributed by atoms with Crippen molar-refractivity contribution in [1.82, 2.24) is 34.8 Å². The van der Waals surface area contributed by atoms with E-state index in [0.29, 0.717) is 30.1 Å². The van der Waals surface area contributed by atoms with E-state index in [1.54, 1.807) is 12.6 Å². The Labute approximate surface area is 238 Å². The smallest absolute Gasteiger partial charge is 0.277 e. The molecule has 1 fully saturated rings. The maximum absolute atomic E-state index is 11.7. The Morgan fingerprint density at radius 1 is 1.20 bits per heavy atom. The van der Waals surface area contributed by atoms with Gasteiger partial charge in [0.1, 0.15) is 11.6 Å². The number of ether oxygens (including phenoxy) is 1. The highest BCUT2D eigenvalue weighted by atomic mass is 16.5. The van der Waals surface area contributed by atoms with E-state index in [1.807, 2.05) is 47.8 Å².